The molecule has 4 N–H and O–H groups in total. The number of benzene rings is 1. The zero-order valence-corrected chi connectivity index (χ0v) is 9.79. The fourth-order valence-corrected chi connectivity index (χ4v) is 1.41. The average Bonchev–Trinajstić information content (AvgIpc) is 2.34. The number of phenolic OH excluding ortho intramolecular Hbond substituents is 1. The quantitative estimate of drug-likeness (QED) is 0.590. The van der Waals surface area contributed by atoms with Gasteiger partial charge in [0.1, 0.15) is 24.0 Å². The number of carbonyl (C=O) groups is 1. The highest BCUT2D eigenvalue weighted by Gasteiger charge is 2.19. The van der Waals surface area contributed by atoms with Crippen LogP contribution in [0.1, 0.15) is 24.2 Å². The third kappa shape index (κ3) is 3.45. The highest BCUT2D eigenvalue weighted by atomic mass is 16.3. The number of aliphatic hydroxyl groups is 2. The van der Waals surface area contributed by atoms with E-state index < -0.39 is 12.2 Å². The fraction of sp³-hybridized carbons (Fsp3) is 0.333. The lowest BCUT2D eigenvalue weighted by atomic mass is 10.0. The van der Waals surface area contributed by atoms with Gasteiger partial charge in [-0.05, 0) is 17.7 Å². The van der Waals surface area contributed by atoms with E-state index in [1.165, 1.54) is 25.1 Å². The third-order valence-corrected chi connectivity index (χ3v) is 2.41. The molecule has 0 heterocycles. The maximum Gasteiger partial charge on any atom is 0.216 e. The first-order valence-corrected chi connectivity index (χ1v) is 5.29. The molecule has 0 aromatic heterocycles. The van der Waals surface area contributed by atoms with Crippen LogP contribution in [0.15, 0.2) is 18.2 Å². The van der Waals surface area contributed by atoms with Crippen molar-refractivity contribution in [1.29, 1.82) is 5.26 Å². The van der Waals surface area contributed by atoms with Crippen molar-refractivity contribution < 1.29 is 20.1 Å². The SMILES string of the molecule is CC(=O)NCC(O)C(O)c1ccc(C#N)c(O)c1. The Morgan fingerprint density at radius 3 is 2.67 bits per heavy atom. The van der Waals surface area contributed by atoms with Crippen LogP contribution in [0, 0.1) is 11.3 Å². The van der Waals surface area contributed by atoms with Crippen molar-refractivity contribution in [3.63, 3.8) is 0 Å². The summed E-state index contributed by atoms with van der Waals surface area (Å²) in [5.74, 6) is -0.579. The third-order valence-electron chi connectivity index (χ3n) is 2.41. The molecule has 1 amide bonds. The van der Waals surface area contributed by atoms with Gasteiger partial charge in [0.05, 0.1) is 5.56 Å². The number of carbonyl (C=O) groups excluding carboxylic acids is 1. The van der Waals surface area contributed by atoms with E-state index in [0.29, 0.717) is 0 Å². The highest BCUT2D eigenvalue weighted by Crippen LogP contribution is 2.24. The predicted octanol–water partition coefficient (Wildman–Crippen LogP) is -0.206. The number of nitrogens with one attached hydrogen (secondary N) is 1. The summed E-state index contributed by atoms with van der Waals surface area (Å²) in [6.45, 7) is 1.20. The Kier molecular flexibility index (Phi) is 4.66. The smallest absolute Gasteiger partial charge is 0.216 e. The van der Waals surface area contributed by atoms with Crippen molar-refractivity contribution >= 4 is 5.91 Å². The molecule has 0 bridgehead atoms. The zero-order valence-electron chi connectivity index (χ0n) is 9.79. The van der Waals surface area contributed by atoms with Gasteiger partial charge in [-0.25, -0.2) is 0 Å². The van der Waals surface area contributed by atoms with E-state index in [9.17, 15) is 20.1 Å². The second-order valence-electron chi connectivity index (χ2n) is 3.84. The molecule has 0 aliphatic carbocycles. The Hall–Kier alpha value is -2.10. The largest absolute Gasteiger partial charge is 0.507 e. The van der Waals surface area contributed by atoms with Crippen molar-refractivity contribution in [2.75, 3.05) is 6.54 Å². The monoisotopic (exact) mass is 250 g/mol. The van der Waals surface area contributed by atoms with Crippen LogP contribution in [0.3, 0.4) is 0 Å². The molecule has 96 valence electrons. The molecule has 6 heteroatoms. The van der Waals surface area contributed by atoms with Crippen molar-refractivity contribution in [2.45, 2.75) is 19.1 Å². The zero-order chi connectivity index (χ0) is 13.7. The summed E-state index contributed by atoms with van der Waals surface area (Å²) in [5.41, 5.74) is 0.353. The number of phenols is 1. The van der Waals surface area contributed by atoms with Crippen molar-refractivity contribution in [3.8, 4) is 11.8 Å². The molecule has 1 aromatic rings. The summed E-state index contributed by atoms with van der Waals surface area (Å²) in [4.78, 5) is 10.7. The highest BCUT2D eigenvalue weighted by molar-refractivity contribution is 5.72. The first-order chi connectivity index (χ1) is 8.45. The van der Waals surface area contributed by atoms with Gasteiger partial charge in [0, 0.05) is 13.5 Å². The van der Waals surface area contributed by atoms with E-state index in [4.69, 9.17) is 5.26 Å². The van der Waals surface area contributed by atoms with Gasteiger partial charge in [0.25, 0.3) is 0 Å². The minimum Gasteiger partial charge on any atom is -0.507 e. The summed E-state index contributed by atoms with van der Waals surface area (Å²) in [5, 5.41) is 39.9. The first kappa shape index (κ1) is 14.0. The molecule has 0 aliphatic heterocycles. The van der Waals surface area contributed by atoms with Crippen LogP contribution < -0.4 is 5.32 Å². The molecule has 1 rings (SSSR count). The van der Waals surface area contributed by atoms with Crippen LogP contribution in [0.2, 0.25) is 0 Å². The molecule has 0 fully saturated rings. The number of aliphatic hydroxyl groups excluding tert-OH is 2. The summed E-state index contributed by atoms with van der Waals surface area (Å²) in [6, 6.07) is 5.76. The van der Waals surface area contributed by atoms with Gasteiger partial charge >= 0.3 is 0 Å². The Morgan fingerprint density at radius 1 is 1.50 bits per heavy atom. The Bertz CT molecular complexity index is 481. The van der Waals surface area contributed by atoms with Gasteiger partial charge < -0.3 is 20.6 Å². The topological polar surface area (TPSA) is 114 Å². The molecule has 0 spiro atoms. The van der Waals surface area contributed by atoms with Gasteiger partial charge in [-0.2, -0.15) is 5.26 Å². The fourth-order valence-electron chi connectivity index (χ4n) is 1.41. The van der Waals surface area contributed by atoms with E-state index >= 15 is 0 Å². The molecule has 0 saturated carbocycles. The summed E-state index contributed by atoms with van der Waals surface area (Å²) in [7, 11) is 0. The lowest BCUT2D eigenvalue weighted by Crippen LogP contribution is -2.34. The molecule has 0 aliphatic rings. The van der Waals surface area contributed by atoms with E-state index in [0.717, 1.165) is 0 Å². The molecule has 0 saturated heterocycles. The van der Waals surface area contributed by atoms with Crippen LogP contribution in [0.25, 0.3) is 0 Å². The molecular weight excluding hydrogens is 236 g/mol. The van der Waals surface area contributed by atoms with Crippen LogP contribution in [0.5, 0.6) is 5.75 Å². The molecular formula is C12H14N2O4. The van der Waals surface area contributed by atoms with Crippen LogP contribution in [0.4, 0.5) is 0 Å². The maximum atomic E-state index is 10.7. The number of amides is 1. The summed E-state index contributed by atoms with van der Waals surface area (Å²) < 4.78 is 0. The maximum absolute atomic E-state index is 10.7. The minimum absolute atomic E-state index is 0.0855. The Balaban J connectivity index is 2.78. The lowest BCUT2D eigenvalue weighted by molar-refractivity contribution is -0.119. The number of nitrogens with zero attached hydrogens (tertiary/aromatic N) is 1. The molecule has 2 atom stereocenters. The Morgan fingerprint density at radius 2 is 2.17 bits per heavy atom. The number of hydrogen-bond donors (Lipinski definition) is 4. The average molecular weight is 250 g/mol. The predicted molar refractivity (Wildman–Crippen MR) is 62.5 cm³/mol. The molecule has 6 nitrogen and oxygen atoms in total. The second-order valence-corrected chi connectivity index (χ2v) is 3.84. The molecule has 0 radical (unpaired) electrons. The van der Waals surface area contributed by atoms with E-state index in [-0.39, 0.29) is 29.3 Å². The summed E-state index contributed by atoms with van der Waals surface area (Å²) >= 11 is 0. The van der Waals surface area contributed by atoms with E-state index in [2.05, 4.69) is 5.32 Å². The summed E-state index contributed by atoms with van der Waals surface area (Å²) in [6.07, 6.45) is -2.45. The Labute approximate surface area is 104 Å². The molecule has 18 heavy (non-hydrogen) atoms. The van der Waals surface area contributed by atoms with Gasteiger partial charge in [-0.3, -0.25) is 4.79 Å². The first-order valence-electron chi connectivity index (χ1n) is 5.29. The van der Waals surface area contributed by atoms with Gasteiger partial charge in [0.2, 0.25) is 5.91 Å². The van der Waals surface area contributed by atoms with Crippen LogP contribution in [-0.4, -0.2) is 33.9 Å². The van der Waals surface area contributed by atoms with Crippen LogP contribution >= 0.6 is 0 Å². The minimum atomic E-state index is -1.25. The molecule has 1 aromatic carbocycles. The number of nitriles is 1. The number of aromatic hydroxyl groups is 1. The van der Waals surface area contributed by atoms with E-state index in [1.54, 1.807) is 6.07 Å². The lowest BCUT2D eigenvalue weighted by Gasteiger charge is -2.18. The number of rotatable bonds is 4. The standard InChI is InChI=1S/C12H14N2O4/c1-7(15)14-6-11(17)12(18)8-2-3-9(5-13)10(16)4-8/h2-4,11-12,16-18H,6H2,1H3,(H,14,15). The second kappa shape index (κ2) is 6.00. The van der Waals surface area contributed by atoms with Crippen LogP contribution in [-0.2, 0) is 4.79 Å². The van der Waals surface area contributed by atoms with Crippen molar-refractivity contribution in [2.24, 2.45) is 0 Å². The van der Waals surface area contributed by atoms with Gasteiger partial charge in [-0.15, -0.1) is 0 Å². The number of hydrogen-bond acceptors (Lipinski definition) is 5. The van der Waals surface area contributed by atoms with Gasteiger partial charge in [0.15, 0.2) is 0 Å². The van der Waals surface area contributed by atoms with E-state index in [1.807, 2.05) is 0 Å². The normalized spacial score (nSPS) is 13.4. The molecule has 2 unspecified atom stereocenters. The van der Waals surface area contributed by atoms with Crippen molar-refractivity contribution in [1.82, 2.24) is 5.32 Å². The van der Waals surface area contributed by atoms with Gasteiger partial charge in [-0.1, -0.05) is 6.07 Å². The van der Waals surface area contributed by atoms with Crippen molar-refractivity contribution in [3.05, 3.63) is 29.3 Å².